The Morgan fingerprint density at radius 1 is 1.12 bits per heavy atom. The van der Waals surface area contributed by atoms with E-state index >= 15 is 0 Å². The van der Waals surface area contributed by atoms with Gasteiger partial charge in [-0.15, -0.1) is 0 Å². The van der Waals surface area contributed by atoms with Gasteiger partial charge in [0.05, 0.1) is 16.8 Å². The van der Waals surface area contributed by atoms with Crippen LogP contribution >= 0.6 is 0 Å². The highest BCUT2D eigenvalue weighted by molar-refractivity contribution is 5.94. The minimum Gasteiger partial charge on any atom is -0.349 e. The Hall–Kier alpha value is -3.02. The quantitative estimate of drug-likeness (QED) is 0.789. The monoisotopic (exact) mass is 347 g/mol. The number of anilines is 1. The van der Waals surface area contributed by atoms with Crippen LogP contribution in [0, 0.1) is 6.92 Å². The first kappa shape index (κ1) is 16.4. The summed E-state index contributed by atoms with van der Waals surface area (Å²) in [6, 6.07) is 11.8. The van der Waals surface area contributed by atoms with Crippen LogP contribution in [0.4, 0.5) is 5.95 Å². The van der Waals surface area contributed by atoms with Gasteiger partial charge in [0.1, 0.15) is 0 Å². The second kappa shape index (κ2) is 7.07. The Kier molecular flexibility index (Phi) is 4.48. The number of aryl methyl sites for hydroxylation is 1. The smallest absolute Gasteiger partial charge is 0.253 e. The first-order valence-electron chi connectivity index (χ1n) is 8.90. The summed E-state index contributed by atoms with van der Waals surface area (Å²) < 4.78 is 0. The van der Waals surface area contributed by atoms with Crippen LogP contribution in [0.3, 0.4) is 0 Å². The number of para-hydroxylation sites is 1. The zero-order valence-electron chi connectivity index (χ0n) is 14.7. The van der Waals surface area contributed by atoms with Gasteiger partial charge >= 0.3 is 0 Å². The van der Waals surface area contributed by atoms with Gasteiger partial charge in [-0.3, -0.25) is 9.78 Å². The molecule has 1 aliphatic heterocycles. The molecule has 6 heteroatoms. The normalized spacial score (nSPS) is 15.2. The third kappa shape index (κ3) is 3.35. The molecule has 0 unspecified atom stereocenters. The number of amides is 1. The predicted molar refractivity (Wildman–Crippen MR) is 101 cm³/mol. The Morgan fingerprint density at radius 3 is 2.69 bits per heavy atom. The summed E-state index contributed by atoms with van der Waals surface area (Å²) in [7, 11) is 0. The van der Waals surface area contributed by atoms with Gasteiger partial charge in [-0.25, -0.2) is 9.97 Å². The first-order chi connectivity index (χ1) is 12.7. The topological polar surface area (TPSA) is 71.0 Å². The molecule has 0 bridgehead atoms. The van der Waals surface area contributed by atoms with Crippen LogP contribution in [0.1, 0.15) is 28.9 Å². The van der Waals surface area contributed by atoms with Crippen LogP contribution in [-0.4, -0.2) is 40.0 Å². The van der Waals surface area contributed by atoms with E-state index in [1.165, 1.54) is 0 Å². The van der Waals surface area contributed by atoms with Crippen molar-refractivity contribution in [2.45, 2.75) is 25.8 Å². The Morgan fingerprint density at radius 2 is 1.92 bits per heavy atom. The summed E-state index contributed by atoms with van der Waals surface area (Å²) in [6.07, 6.45) is 5.01. The van der Waals surface area contributed by atoms with Crippen LogP contribution < -0.4 is 10.2 Å². The largest absolute Gasteiger partial charge is 0.349 e. The lowest BCUT2D eigenvalue weighted by Crippen LogP contribution is -2.45. The minimum absolute atomic E-state index is 0.0608. The van der Waals surface area contributed by atoms with E-state index in [9.17, 15) is 4.79 Å². The van der Waals surface area contributed by atoms with Gasteiger partial charge in [-0.1, -0.05) is 18.2 Å². The molecule has 0 aliphatic carbocycles. The second-order valence-electron chi connectivity index (χ2n) is 6.60. The molecular formula is C20H21N5O. The number of nitrogens with one attached hydrogen (secondary N) is 1. The van der Waals surface area contributed by atoms with Crippen molar-refractivity contribution in [2.75, 3.05) is 18.0 Å². The predicted octanol–water partition coefficient (Wildman–Crippen LogP) is 2.73. The molecule has 0 radical (unpaired) electrons. The van der Waals surface area contributed by atoms with Crippen molar-refractivity contribution in [3.63, 3.8) is 0 Å². The Balaban J connectivity index is 1.41. The minimum atomic E-state index is -0.0608. The van der Waals surface area contributed by atoms with E-state index in [1.807, 2.05) is 25.1 Å². The molecular weight excluding hydrogens is 326 g/mol. The molecule has 3 aromatic rings. The highest BCUT2D eigenvalue weighted by atomic mass is 16.1. The highest BCUT2D eigenvalue weighted by Gasteiger charge is 2.23. The third-order valence-corrected chi connectivity index (χ3v) is 4.82. The summed E-state index contributed by atoms with van der Waals surface area (Å²) in [4.78, 5) is 27.9. The van der Waals surface area contributed by atoms with Crippen molar-refractivity contribution in [3.8, 4) is 0 Å². The number of rotatable bonds is 3. The molecule has 1 saturated heterocycles. The van der Waals surface area contributed by atoms with E-state index in [4.69, 9.17) is 4.98 Å². The zero-order valence-corrected chi connectivity index (χ0v) is 14.7. The molecule has 1 N–H and O–H groups in total. The number of pyridine rings is 1. The fourth-order valence-corrected chi connectivity index (χ4v) is 3.35. The Bertz CT molecular complexity index is 920. The molecule has 1 fully saturated rings. The fourth-order valence-electron chi connectivity index (χ4n) is 3.35. The second-order valence-corrected chi connectivity index (χ2v) is 6.60. The molecule has 1 amide bonds. The number of nitrogens with zero attached hydrogens (tertiary/aromatic N) is 4. The molecule has 3 heterocycles. The molecule has 1 aromatic carbocycles. The molecule has 0 spiro atoms. The number of piperidine rings is 1. The van der Waals surface area contributed by atoms with Crippen molar-refractivity contribution >= 4 is 22.8 Å². The standard InChI is InChI=1S/C20H21N5O/c1-14-17-6-2-3-7-18(17)24-20(22-14)25-11-8-16(9-12-25)23-19(26)15-5-4-10-21-13-15/h2-7,10,13,16H,8-9,11-12H2,1H3,(H,23,26). The molecule has 132 valence electrons. The Labute approximate surface area is 152 Å². The van der Waals surface area contributed by atoms with Gasteiger partial charge in [-0.05, 0) is 38.0 Å². The maximum Gasteiger partial charge on any atom is 0.253 e. The van der Waals surface area contributed by atoms with Crippen LogP contribution in [0.25, 0.3) is 10.9 Å². The molecule has 1 aliphatic rings. The molecule has 6 nitrogen and oxygen atoms in total. The number of aromatic nitrogens is 3. The van der Waals surface area contributed by atoms with Crippen molar-refractivity contribution < 1.29 is 4.79 Å². The lowest BCUT2D eigenvalue weighted by atomic mass is 10.0. The van der Waals surface area contributed by atoms with E-state index in [0.717, 1.165) is 48.5 Å². The van der Waals surface area contributed by atoms with Crippen molar-refractivity contribution in [1.29, 1.82) is 0 Å². The summed E-state index contributed by atoms with van der Waals surface area (Å²) in [5.74, 6) is 0.715. The number of fused-ring (bicyclic) bond motifs is 1. The molecule has 4 rings (SSSR count). The van der Waals surface area contributed by atoms with E-state index in [1.54, 1.807) is 24.5 Å². The van der Waals surface area contributed by atoms with E-state index in [0.29, 0.717) is 5.56 Å². The van der Waals surface area contributed by atoms with Crippen LogP contribution in [0.5, 0.6) is 0 Å². The van der Waals surface area contributed by atoms with Gasteiger partial charge in [0.15, 0.2) is 0 Å². The summed E-state index contributed by atoms with van der Waals surface area (Å²) in [5.41, 5.74) is 2.57. The van der Waals surface area contributed by atoms with Crippen molar-refractivity contribution in [3.05, 3.63) is 60.0 Å². The molecule has 26 heavy (non-hydrogen) atoms. The lowest BCUT2D eigenvalue weighted by molar-refractivity contribution is 0.0930. The average Bonchev–Trinajstić information content (AvgIpc) is 2.69. The van der Waals surface area contributed by atoms with Crippen LogP contribution in [0.2, 0.25) is 0 Å². The molecule has 2 aromatic heterocycles. The van der Waals surface area contributed by atoms with Crippen molar-refractivity contribution in [1.82, 2.24) is 20.3 Å². The maximum absolute atomic E-state index is 12.3. The van der Waals surface area contributed by atoms with E-state index < -0.39 is 0 Å². The molecule has 0 saturated carbocycles. The highest BCUT2D eigenvalue weighted by Crippen LogP contribution is 2.21. The summed E-state index contributed by atoms with van der Waals surface area (Å²) >= 11 is 0. The number of carbonyl (C=O) groups excluding carboxylic acids is 1. The van der Waals surface area contributed by atoms with Gasteiger partial charge in [0, 0.05) is 36.9 Å². The molecule has 0 atom stereocenters. The summed E-state index contributed by atoms with van der Waals surface area (Å²) in [5, 5.41) is 4.19. The number of hydrogen-bond donors (Lipinski definition) is 1. The lowest BCUT2D eigenvalue weighted by Gasteiger charge is -2.32. The first-order valence-corrected chi connectivity index (χ1v) is 8.90. The number of benzene rings is 1. The zero-order chi connectivity index (χ0) is 17.9. The van der Waals surface area contributed by atoms with Gasteiger partial charge in [0.2, 0.25) is 5.95 Å². The summed E-state index contributed by atoms with van der Waals surface area (Å²) in [6.45, 7) is 3.68. The van der Waals surface area contributed by atoms with Gasteiger partial charge in [0.25, 0.3) is 5.91 Å². The van der Waals surface area contributed by atoms with E-state index in [2.05, 4.69) is 26.3 Å². The van der Waals surface area contributed by atoms with Gasteiger partial charge in [-0.2, -0.15) is 0 Å². The van der Waals surface area contributed by atoms with Crippen molar-refractivity contribution in [2.24, 2.45) is 0 Å². The van der Waals surface area contributed by atoms with Gasteiger partial charge < -0.3 is 10.2 Å². The number of carbonyl (C=O) groups is 1. The maximum atomic E-state index is 12.3. The SMILES string of the molecule is Cc1nc(N2CCC(NC(=O)c3cccnc3)CC2)nc2ccccc12. The number of hydrogen-bond acceptors (Lipinski definition) is 5. The van der Waals surface area contributed by atoms with Crippen LogP contribution in [-0.2, 0) is 0 Å². The van der Waals surface area contributed by atoms with Crippen LogP contribution in [0.15, 0.2) is 48.8 Å². The average molecular weight is 347 g/mol. The third-order valence-electron chi connectivity index (χ3n) is 4.82. The fraction of sp³-hybridized carbons (Fsp3) is 0.300. The van der Waals surface area contributed by atoms with E-state index in [-0.39, 0.29) is 11.9 Å².